The zero-order valence-electron chi connectivity index (χ0n) is 60.5. The maximum Gasteiger partial charge on any atom is 0.373 e. The topological polar surface area (TPSA) is 588 Å². The van der Waals surface area contributed by atoms with Gasteiger partial charge >= 0.3 is 48.1 Å². The number of unbranched alkanes of at least 4 members (excludes halogenated alkanes) is 10. The number of Topliss-reactive ketones (excluding diaryl/α,β-unsaturated/α-hetero) is 4. The number of ketones is 4. The van der Waals surface area contributed by atoms with E-state index >= 15 is 0 Å². The average molecular weight is 1550 g/mol. The molecule has 0 saturated carbocycles. The molecule has 602 valence electrons. The lowest BCUT2D eigenvalue weighted by Gasteiger charge is -2.22. The summed E-state index contributed by atoms with van der Waals surface area (Å²) in [5.74, 6) is -16.1. The number of thioether (sulfide) groups is 1. The standard InChI is InChI=1S/C68H102N10O26S.CO2/c1-44(79)76(102)33-13-5-2-8-17-48(80)26-28-57(85)77(103)34-14-6-3-9-18-49(81)27-29-58(86)78(104)35-15-7-4-10-19-50(82)30-36-75-59(87)41-55(64(75)95)105-43-53(66(98)99)73-63(94)47(39-61(90)91)38-54(83)52(40-62(92)93)72-56(84)37-45-22-24-46(25-23-45)42-71-67(100)69-31-12-11-20-51(65(96)97)74-68(101)70-32-16-21-60(88)89;2-1-3/h22-25,47,51-53,55,102-104H,2-21,26-43H2,1H3,(H,72,84)(H,73,94)(H,88,89)(H,90,91)(H,92,93)(H,96,97)(H,98,99)(H2,69,71,100)(H2,70,74,101);/t47-,51-,52-,53-,55?;/m0./s1. The monoisotopic (exact) mass is 1550 g/mol. The summed E-state index contributed by atoms with van der Waals surface area (Å²) in [5.41, 5.74) is 0.964. The van der Waals surface area contributed by atoms with Gasteiger partial charge in [-0.2, -0.15) is 9.59 Å². The number of imide groups is 1. The Morgan fingerprint density at radius 2 is 0.981 bits per heavy atom. The number of nitrogens with zero attached hydrogens (tertiary/aromatic N) is 4. The Bertz CT molecular complexity index is 3220. The molecule has 39 heteroatoms. The summed E-state index contributed by atoms with van der Waals surface area (Å²) in [4.78, 5) is 239. The van der Waals surface area contributed by atoms with Gasteiger partial charge < -0.3 is 57.4 Å². The van der Waals surface area contributed by atoms with Crippen LogP contribution in [0.15, 0.2) is 24.3 Å². The number of carboxylic acid groups (broad SMARTS) is 5. The fraction of sp³-hybridized carbons (Fsp3) is 0.638. The molecule has 1 heterocycles. The number of amides is 11. The summed E-state index contributed by atoms with van der Waals surface area (Å²) in [7, 11) is 0. The molecule has 1 aromatic rings. The second-order valence-corrected chi connectivity index (χ2v) is 26.7. The maximum absolute atomic E-state index is 13.5. The van der Waals surface area contributed by atoms with Crippen molar-refractivity contribution in [1.82, 2.24) is 52.0 Å². The van der Waals surface area contributed by atoms with Crippen LogP contribution in [0.4, 0.5) is 9.59 Å². The van der Waals surface area contributed by atoms with E-state index in [-0.39, 0.29) is 153 Å². The van der Waals surface area contributed by atoms with Gasteiger partial charge in [-0.3, -0.25) is 87.6 Å². The van der Waals surface area contributed by atoms with Crippen LogP contribution < -0.4 is 31.9 Å². The van der Waals surface area contributed by atoms with Crippen LogP contribution in [0.1, 0.15) is 204 Å². The number of hydroxylamine groups is 6. The lowest BCUT2D eigenvalue weighted by molar-refractivity contribution is -0.192. The minimum absolute atomic E-state index is 0.00649. The average Bonchev–Trinajstić information content (AvgIpc) is 1.66. The number of hydrogen-bond donors (Lipinski definition) is 14. The van der Waals surface area contributed by atoms with Gasteiger partial charge in [-0.1, -0.05) is 62.8 Å². The third-order valence-electron chi connectivity index (χ3n) is 16.6. The number of urea groups is 2. The Morgan fingerprint density at radius 1 is 0.500 bits per heavy atom. The Kier molecular flexibility index (Phi) is 49.1. The van der Waals surface area contributed by atoms with Crippen molar-refractivity contribution in [3.05, 3.63) is 35.4 Å². The van der Waals surface area contributed by atoms with E-state index in [1.165, 1.54) is 19.1 Å². The SMILES string of the molecule is CC(=O)N(O)CCCCCCC(=O)CCC(=O)N(O)CCCCCCC(=O)CCC(=O)N(O)CCCCCCC(=O)CCN1C(=O)CC(SC[C@H](NC(=O)[C@H](CC(=O)O)CC(=O)[C@H](CC(=O)O)NC(=O)Cc2ccc(CNC(=O)NCCCC[C@H](NC(=O)NCCCC(=O)O)C(=O)O)cc2)C(=O)O)C1=O.O=C=O. The molecule has 1 saturated heterocycles. The van der Waals surface area contributed by atoms with Crippen LogP contribution in [0.5, 0.6) is 0 Å². The van der Waals surface area contributed by atoms with E-state index in [9.17, 15) is 122 Å². The lowest BCUT2D eigenvalue weighted by atomic mass is 9.93. The first kappa shape index (κ1) is 95.9. The summed E-state index contributed by atoms with van der Waals surface area (Å²) >= 11 is 0.698. The summed E-state index contributed by atoms with van der Waals surface area (Å²) < 4.78 is 0. The summed E-state index contributed by atoms with van der Waals surface area (Å²) in [6.07, 6.45) is 4.01. The molecule has 1 aromatic carbocycles. The van der Waals surface area contributed by atoms with E-state index in [0.29, 0.717) is 115 Å². The lowest BCUT2D eigenvalue weighted by Crippen LogP contribution is -2.48. The highest BCUT2D eigenvalue weighted by Gasteiger charge is 2.40. The molecule has 0 bridgehead atoms. The van der Waals surface area contributed by atoms with E-state index in [2.05, 4.69) is 31.9 Å². The van der Waals surface area contributed by atoms with Crippen molar-refractivity contribution in [3.8, 4) is 0 Å². The molecule has 1 fully saturated rings. The number of benzene rings is 1. The van der Waals surface area contributed by atoms with Crippen LogP contribution in [-0.2, 0) is 99.3 Å². The van der Waals surface area contributed by atoms with Gasteiger partial charge in [0, 0.05) is 129 Å². The number of nitrogens with one attached hydrogen (secondary N) is 6. The van der Waals surface area contributed by atoms with Gasteiger partial charge in [-0.25, -0.2) is 34.4 Å². The van der Waals surface area contributed by atoms with Gasteiger partial charge in [0.1, 0.15) is 29.4 Å². The van der Waals surface area contributed by atoms with Crippen molar-refractivity contribution in [2.24, 2.45) is 5.92 Å². The van der Waals surface area contributed by atoms with Crippen LogP contribution in [0.3, 0.4) is 0 Å². The molecule has 1 aliphatic heterocycles. The quantitative estimate of drug-likeness (QED) is 0.0193. The second-order valence-electron chi connectivity index (χ2n) is 25.5. The van der Waals surface area contributed by atoms with E-state index in [0.717, 1.165) is 17.7 Å². The normalized spacial score (nSPS) is 13.3. The van der Waals surface area contributed by atoms with Crippen molar-refractivity contribution in [1.29, 1.82) is 0 Å². The van der Waals surface area contributed by atoms with E-state index < -0.39 is 143 Å². The second kappa shape index (κ2) is 55.3. The van der Waals surface area contributed by atoms with Crippen LogP contribution in [0, 0.1) is 5.92 Å². The number of carboxylic acids is 5. The molecule has 11 amide bonds. The molecular weight excluding hydrogens is 1450 g/mol. The number of carbonyl (C=O) groups is 18. The highest BCUT2D eigenvalue weighted by Crippen LogP contribution is 2.27. The third-order valence-corrected chi connectivity index (χ3v) is 17.9. The van der Waals surface area contributed by atoms with Crippen LogP contribution in [0.2, 0.25) is 0 Å². The molecular formula is C69H102N10O28S. The minimum atomic E-state index is -1.80. The fourth-order valence-electron chi connectivity index (χ4n) is 10.6. The summed E-state index contributed by atoms with van der Waals surface area (Å²) in [5, 5.41) is 92.0. The Balaban J connectivity index is 0.0000191. The predicted octanol–water partition coefficient (Wildman–Crippen LogP) is 2.85. The molecule has 0 aromatic heterocycles. The first-order valence-corrected chi connectivity index (χ1v) is 36.6. The fourth-order valence-corrected chi connectivity index (χ4v) is 11.8. The van der Waals surface area contributed by atoms with Gasteiger partial charge in [0.15, 0.2) is 5.78 Å². The first-order chi connectivity index (χ1) is 51.2. The Hall–Kier alpha value is -10.1. The summed E-state index contributed by atoms with van der Waals surface area (Å²) in [6, 6.07) is 0.0437. The van der Waals surface area contributed by atoms with Crippen molar-refractivity contribution < 1.29 is 137 Å². The Labute approximate surface area is 626 Å². The smallest absolute Gasteiger partial charge is 0.373 e. The molecule has 14 N–H and O–H groups in total. The molecule has 108 heavy (non-hydrogen) atoms. The van der Waals surface area contributed by atoms with Crippen molar-refractivity contribution in [2.75, 3.05) is 45.0 Å². The van der Waals surface area contributed by atoms with Crippen LogP contribution in [-0.4, -0.2) is 242 Å². The van der Waals surface area contributed by atoms with Crippen molar-refractivity contribution in [2.45, 2.75) is 229 Å². The third kappa shape index (κ3) is 44.8. The zero-order valence-corrected chi connectivity index (χ0v) is 61.3. The largest absolute Gasteiger partial charge is 0.481 e. The molecule has 38 nitrogen and oxygen atoms in total. The van der Waals surface area contributed by atoms with Gasteiger partial charge in [0.2, 0.25) is 41.4 Å². The molecule has 1 aliphatic rings. The number of hydrogen-bond acceptors (Lipinski definition) is 24. The molecule has 5 atom stereocenters. The molecule has 0 aliphatic carbocycles. The Morgan fingerprint density at radius 3 is 1.48 bits per heavy atom. The van der Waals surface area contributed by atoms with Crippen molar-refractivity contribution >= 4 is 124 Å². The zero-order chi connectivity index (χ0) is 81.1. The van der Waals surface area contributed by atoms with Crippen LogP contribution >= 0.6 is 11.8 Å². The number of likely N-dealkylation sites (tertiary alicyclic amines) is 1. The van der Waals surface area contributed by atoms with Crippen molar-refractivity contribution in [3.63, 3.8) is 0 Å². The number of rotatable bonds is 59. The molecule has 0 spiro atoms. The minimum Gasteiger partial charge on any atom is -0.481 e. The number of aliphatic carboxylic acids is 5. The van der Waals surface area contributed by atoms with E-state index in [4.69, 9.17) is 14.7 Å². The molecule has 0 radical (unpaired) electrons. The first-order valence-electron chi connectivity index (χ1n) is 35.5. The highest BCUT2D eigenvalue weighted by atomic mass is 32.2. The summed E-state index contributed by atoms with van der Waals surface area (Å²) in [6.45, 7) is 1.49. The maximum atomic E-state index is 13.5. The molecule has 1 unspecified atom stereocenters. The van der Waals surface area contributed by atoms with Gasteiger partial charge in [-0.15, -0.1) is 11.8 Å². The number of carbonyl (C=O) groups excluding carboxylic acids is 15. The molecule has 2 rings (SSSR count). The van der Waals surface area contributed by atoms with E-state index in [1.807, 2.05) is 0 Å². The van der Waals surface area contributed by atoms with Crippen LogP contribution in [0.25, 0.3) is 0 Å². The highest BCUT2D eigenvalue weighted by molar-refractivity contribution is 8.00. The van der Waals surface area contributed by atoms with E-state index in [1.54, 1.807) is 12.1 Å². The van der Waals surface area contributed by atoms with Gasteiger partial charge in [0.05, 0.1) is 36.5 Å². The van der Waals surface area contributed by atoms with Gasteiger partial charge in [0.25, 0.3) is 0 Å². The van der Waals surface area contributed by atoms with Gasteiger partial charge in [-0.05, 0) is 75.3 Å². The predicted molar refractivity (Wildman–Crippen MR) is 374 cm³/mol.